The number of nitrogens with one attached hydrogen (secondary N) is 1. The van der Waals surface area contributed by atoms with Crippen molar-refractivity contribution < 1.29 is 19.1 Å². The van der Waals surface area contributed by atoms with Gasteiger partial charge in [-0.05, 0) is 48.4 Å². The highest BCUT2D eigenvalue weighted by Gasteiger charge is 2.22. The lowest BCUT2D eigenvalue weighted by molar-refractivity contribution is -0.116. The van der Waals surface area contributed by atoms with Gasteiger partial charge >= 0.3 is 0 Å². The molecular formula is C19H18N2O4. The van der Waals surface area contributed by atoms with Gasteiger partial charge in [0.1, 0.15) is 13.2 Å². The molecule has 0 aliphatic carbocycles. The highest BCUT2D eigenvalue weighted by atomic mass is 16.6. The Morgan fingerprint density at radius 1 is 1.04 bits per heavy atom. The van der Waals surface area contributed by atoms with Gasteiger partial charge in [0.05, 0.1) is 0 Å². The van der Waals surface area contributed by atoms with Gasteiger partial charge in [-0.1, -0.05) is 0 Å². The molecule has 1 N–H and O–H groups in total. The highest BCUT2D eigenvalue weighted by Crippen LogP contribution is 2.32. The van der Waals surface area contributed by atoms with E-state index in [1.807, 2.05) is 18.2 Å². The maximum absolute atomic E-state index is 12.5. The minimum atomic E-state index is -0.210. The minimum absolute atomic E-state index is 0.0341. The van der Waals surface area contributed by atoms with Gasteiger partial charge in [-0.3, -0.25) is 9.59 Å². The Morgan fingerprint density at radius 3 is 2.64 bits per heavy atom. The molecule has 2 heterocycles. The van der Waals surface area contributed by atoms with Gasteiger partial charge in [-0.2, -0.15) is 0 Å². The molecule has 2 amide bonds. The van der Waals surface area contributed by atoms with E-state index in [-0.39, 0.29) is 11.8 Å². The van der Waals surface area contributed by atoms with Crippen molar-refractivity contribution >= 4 is 23.2 Å². The van der Waals surface area contributed by atoms with E-state index in [2.05, 4.69) is 5.32 Å². The number of benzene rings is 2. The number of ether oxygens (including phenoxy) is 2. The lowest BCUT2D eigenvalue weighted by Crippen LogP contribution is -2.25. The summed E-state index contributed by atoms with van der Waals surface area (Å²) in [4.78, 5) is 25.9. The average Bonchev–Trinajstić information content (AvgIpc) is 3.04. The van der Waals surface area contributed by atoms with Gasteiger partial charge in [0.2, 0.25) is 5.91 Å². The number of amides is 2. The third kappa shape index (κ3) is 2.91. The normalized spacial score (nSPS) is 14.8. The first kappa shape index (κ1) is 15.5. The Morgan fingerprint density at radius 2 is 1.84 bits per heavy atom. The van der Waals surface area contributed by atoms with Crippen LogP contribution in [0.1, 0.15) is 22.8 Å². The predicted molar refractivity (Wildman–Crippen MR) is 93.6 cm³/mol. The second kappa shape index (κ2) is 6.12. The molecule has 6 nitrogen and oxygen atoms in total. The van der Waals surface area contributed by atoms with Crippen molar-refractivity contribution in [2.45, 2.75) is 13.3 Å². The van der Waals surface area contributed by atoms with Crippen LogP contribution in [0.5, 0.6) is 11.5 Å². The van der Waals surface area contributed by atoms with Gasteiger partial charge in [-0.15, -0.1) is 0 Å². The van der Waals surface area contributed by atoms with E-state index < -0.39 is 0 Å². The van der Waals surface area contributed by atoms with E-state index in [1.54, 1.807) is 30.0 Å². The monoisotopic (exact) mass is 338 g/mol. The third-order valence-electron chi connectivity index (χ3n) is 4.42. The van der Waals surface area contributed by atoms with Crippen LogP contribution in [0, 0.1) is 0 Å². The Labute approximate surface area is 145 Å². The maximum Gasteiger partial charge on any atom is 0.255 e. The van der Waals surface area contributed by atoms with Crippen molar-refractivity contribution in [1.29, 1.82) is 0 Å². The lowest BCUT2D eigenvalue weighted by atomic mass is 10.1. The number of fused-ring (bicyclic) bond motifs is 2. The minimum Gasteiger partial charge on any atom is -0.486 e. The van der Waals surface area contributed by atoms with Crippen molar-refractivity contribution in [2.24, 2.45) is 0 Å². The van der Waals surface area contributed by atoms with Crippen LogP contribution in [0.4, 0.5) is 11.4 Å². The van der Waals surface area contributed by atoms with Gasteiger partial charge in [0, 0.05) is 30.4 Å². The lowest BCUT2D eigenvalue weighted by Gasteiger charge is -2.18. The first-order valence-corrected chi connectivity index (χ1v) is 8.24. The van der Waals surface area contributed by atoms with Crippen LogP contribution in [0.25, 0.3) is 0 Å². The molecule has 0 saturated carbocycles. The number of anilines is 2. The van der Waals surface area contributed by atoms with Crippen molar-refractivity contribution in [2.75, 3.05) is 30.0 Å². The standard InChI is InChI=1S/C19H18N2O4/c1-12(22)21-7-6-13-10-15(3-4-16(13)21)20-19(23)14-2-5-17-18(11-14)25-9-8-24-17/h2-5,10-11H,6-9H2,1H3,(H,20,23). The molecule has 128 valence electrons. The van der Waals surface area contributed by atoms with Gasteiger partial charge in [-0.25, -0.2) is 0 Å². The van der Waals surface area contributed by atoms with E-state index in [9.17, 15) is 9.59 Å². The fourth-order valence-corrected chi connectivity index (χ4v) is 3.19. The molecule has 0 aromatic heterocycles. The van der Waals surface area contributed by atoms with Crippen LogP contribution in [0.15, 0.2) is 36.4 Å². The van der Waals surface area contributed by atoms with Crippen molar-refractivity contribution in [3.63, 3.8) is 0 Å². The van der Waals surface area contributed by atoms with E-state index in [0.717, 1.165) is 17.7 Å². The zero-order chi connectivity index (χ0) is 17.4. The molecule has 0 radical (unpaired) electrons. The second-order valence-electron chi connectivity index (χ2n) is 6.08. The molecular weight excluding hydrogens is 320 g/mol. The number of rotatable bonds is 2. The maximum atomic E-state index is 12.5. The first-order chi connectivity index (χ1) is 12.1. The summed E-state index contributed by atoms with van der Waals surface area (Å²) in [6, 6.07) is 10.8. The summed E-state index contributed by atoms with van der Waals surface area (Å²) in [5.41, 5.74) is 3.21. The fourth-order valence-electron chi connectivity index (χ4n) is 3.19. The third-order valence-corrected chi connectivity index (χ3v) is 4.42. The zero-order valence-electron chi connectivity index (χ0n) is 13.9. The Hall–Kier alpha value is -3.02. The summed E-state index contributed by atoms with van der Waals surface area (Å²) in [7, 11) is 0. The fraction of sp³-hybridized carbons (Fsp3) is 0.263. The SMILES string of the molecule is CC(=O)N1CCc2cc(NC(=O)c3ccc4c(c3)OCCO4)ccc21. The van der Waals surface area contributed by atoms with Crippen LogP contribution in [-0.4, -0.2) is 31.6 Å². The molecule has 2 aliphatic heterocycles. The van der Waals surface area contributed by atoms with Crippen LogP contribution in [-0.2, 0) is 11.2 Å². The zero-order valence-corrected chi connectivity index (χ0v) is 13.9. The quantitative estimate of drug-likeness (QED) is 0.914. The van der Waals surface area contributed by atoms with Crippen LogP contribution in [0.3, 0.4) is 0 Å². The summed E-state index contributed by atoms with van der Waals surface area (Å²) in [5.74, 6) is 1.07. The smallest absolute Gasteiger partial charge is 0.255 e. The summed E-state index contributed by atoms with van der Waals surface area (Å²) >= 11 is 0. The predicted octanol–water partition coefficient (Wildman–Crippen LogP) is 2.62. The van der Waals surface area contributed by atoms with Gasteiger partial charge in [0.25, 0.3) is 5.91 Å². The molecule has 2 aromatic carbocycles. The Bertz CT molecular complexity index is 862. The van der Waals surface area contributed by atoms with Crippen molar-refractivity contribution in [3.8, 4) is 11.5 Å². The van der Waals surface area contributed by atoms with Gasteiger partial charge in [0.15, 0.2) is 11.5 Å². The van der Waals surface area contributed by atoms with Crippen LogP contribution >= 0.6 is 0 Å². The Kier molecular flexibility index (Phi) is 3.80. The molecule has 2 aromatic rings. The number of carbonyl (C=O) groups excluding carboxylic acids is 2. The van der Waals surface area contributed by atoms with E-state index in [4.69, 9.17) is 9.47 Å². The largest absolute Gasteiger partial charge is 0.486 e. The van der Waals surface area contributed by atoms with Gasteiger partial charge < -0.3 is 19.7 Å². The molecule has 0 unspecified atom stereocenters. The molecule has 0 atom stereocenters. The molecule has 0 spiro atoms. The topological polar surface area (TPSA) is 67.9 Å². The van der Waals surface area contributed by atoms with Crippen LogP contribution in [0.2, 0.25) is 0 Å². The molecule has 6 heteroatoms. The van der Waals surface area contributed by atoms with E-state index in [1.165, 1.54) is 0 Å². The molecule has 0 fully saturated rings. The Balaban J connectivity index is 1.53. The van der Waals surface area contributed by atoms with E-state index in [0.29, 0.717) is 42.5 Å². The highest BCUT2D eigenvalue weighted by molar-refractivity contribution is 6.05. The summed E-state index contributed by atoms with van der Waals surface area (Å²) in [6.07, 6.45) is 0.794. The average molecular weight is 338 g/mol. The molecule has 25 heavy (non-hydrogen) atoms. The number of carbonyl (C=O) groups is 2. The number of hydrogen-bond acceptors (Lipinski definition) is 4. The molecule has 0 saturated heterocycles. The number of hydrogen-bond donors (Lipinski definition) is 1. The molecule has 2 aliphatic rings. The van der Waals surface area contributed by atoms with Crippen LogP contribution < -0.4 is 19.7 Å². The first-order valence-electron chi connectivity index (χ1n) is 8.24. The second-order valence-corrected chi connectivity index (χ2v) is 6.08. The number of nitrogens with zero attached hydrogens (tertiary/aromatic N) is 1. The summed E-state index contributed by atoms with van der Waals surface area (Å²) < 4.78 is 11.0. The van der Waals surface area contributed by atoms with Crippen molar-refractivity contribution in [1.82, 2.24) is 0 Å². The van der Waals surface area contributed by atoms with E-state index >= 15 is 0 Å². The van der Waals surface area contributed by atoms with Crippen molar-refractivity contribution in [3.05, 3.63) is 47.5 Å². The molecule has 4 rings (SSSR count). The summed E-state index contributed by atoms with van der Waals surface area (Å²) in [6.45, 7) is 3.25. The summed E-state index contributed by atoms with van der Waals surface area (Å²) in [5, 5.41) is 2.90. The molecule has 0 bridgehead atoms.